The van der Waals surface area contributed by atoms with Gasteiger partial charge in [0.15, 0.2) is 23.1 Å². The highest BCUT2D eigenvalue weighted by Gasteiger charge is 2.24. The molecule has 0 aliphatic rings. The van der Waals surface area contributed by atoms with Gasteiger partial charge in [-0.25, -0.2) is 8.78 Å². The number of methoxy groups -OCH3 is 2. The number of benzene rings is 1. The molecular weight excluding hydrogens is 220 g/mol. The summed E-state index contributed by atoms with van der Waals surface area (Å²) < 4.78 is 36.3. The number of rotatable bonds is 4. The highest BCUT2D eigenvalue weighted by Crippen LogP contribution is 2.37. The summed E-state index contributed by atoms with van der Waals surface area (Å²) in [4.78, 5) is 0. The number of halogens is 2. The monoisotopic (exact) mass is 233 g/mol. The standard InChI is InChI=1S/C10H13F2NO3/c1-15-9-5(11)3-6(12)10(16-2)8(9)7(13)4-14/h3,7,14H,4,13H2,1-2H3. The molecule has 0 heterocycles. The van der Waals surface area contributed by atoms with Crippen molar-refractivity contribution in [2.75, 3.05) is 20.8 Å². The number of aliphatic hydroxyl groups excluding tert-OH is 1. The molecule has 0 aromatic heterocycles. The fourth-order valence-corrected chi connectivity index (χ4v) is 1.45. The summed E-state index contributed by atoms with van der Waals surface area (Å²) in [6.45, 7) is -0.477. The van der Waals surface area contributed by atoms with E-state index in [1.54, 1.807) is 0 Å². The van der Waals surface area contributed by atoms with E-state index in [9.17, 15) is 8.78 Å². The third kappa shape index (κ3) is 2.07. The first-order chi connectivity index (χ1) is 7.56. The van der Waals surface area contributed by atoms with Crippen LogP contribution >= 0.6 is 0 Å². The largest absolute Gasteiger partial charge is 0.493 e. The fraction of sp³-hybridized carbons (Fsp3) is 0.400. The average Bonchev–Trinajstić information content (AvgIpc) is 2.27. The second-order valence-electron chi connectivity index (χ2n) is 3.11. The molecule has 3 N–H and O–H groups in total. The van der Waals surface area contributed by atoms with E-state index in [2.05, 4.69) is 0 Å². The predicted molar refractivity (Wildman–Crippen MR) is 53.5 cm³/mol. The van der Waals surface area contributed by atoms with E-state index < -0.39 is 24.3 Å². The first-order valence-electron chi connectivity index (χ1n) is 4.53. The van der Waals surface area contributed by atoms with Gasteiger partial charge in [0, 0.05) is 6.07 Å². The zero-order valence-corrected chi connectivity index (χ0v) is 8.96. The fourth-order valence-electron chi connectivity index (χ4n) is 1.45. The van der Waals surface area contributed by atoms with E-state index in [4.69, 9.17) is 20.3 Å². The van der Waals surface area contributed by atoms with Gasteiger partial charge in [-0.3, -0.25) is 0 Å². The van der Waals surface area contributed by atoms with Crippen LogP contribution in [0.2, 0.25) is 0 Å². The summed E-state index contributed by atoms with van der Waals surface area (Å²) in [5.41, 5.74) is 5.52. The Morgan fingerprint density at radius 3 is 2.00 bits per heavy atom. The van der Waals surface area contributed by atoms with Gasteiger partial charge in [-0.15, -0.1) is 0 Å². The van der Waals surface area contributed by atoms with E-state index in [1.165, 1.54) is 14.2 Å². The molecule has 0 aliphatic heterocycles. The second-order valence-corrected chi connectivity index (χ2v) is 3.11. The third-order valence-corrected chi connectivity index (χ3v) is 2.15. The van der Waals surface area contributed by atoms with Crippen molar-refractivity contribution in [2.45, 2.75) is 6.04 Å². The van der Waals surface area contributed by atoms with Crippen molar-refractivity contribution in [1.82, 2.24) is 0 Å². The molecule has 4 nitrogen and oxygen atoms in total. The molecule has 1 aromatic carbocycles. The topological polar surface area (TPSA) is 64.7 Å². The Labute approximate surface area is 91.6 Å². The Morgan fingerprint density at radius 1 is 1.25 bits per heavy atom. The Bertz CT molecular complexity index is 357. The minimum Gasteiger partial charge on any atom is -0.493 e. The second kappa shape index (κ2) is 5.09. The number of nitrogens with two attached hydrogens (primary N) is 1. The van der Waals surface area contributed by atoms with Crippen molar-refractivity contribution in [3.63, 3.8) is 0 Å². The maximum absolute atomic E-state index is 13.4. The molecule has 16 heavy (non-hydrogen) atoms. The average molecular weight is 233 g/mol. The lowest BCUT2D eigenvalue weighted by atomic mass is 10.0. The minimum atomic E-state index is -0.977. The van der Waals surface area contributed by atoms with Crippen LogP contribution in [-0.2, 0) is 0 Å². The Balaban J connectivity index is 3.48. The van der Waals surface area contributed by atoms with Crippen LogP contribution in [0.1, 0.15) is 11.6 Å². The van der Waals surface area contributed by atoms with Crippen LogP contribution in [0.15, 0.2) is 6.07 Å². The summed E-state index contributed by atoms with van der Waals surface area (Å²) in [5.74, 6) is -2.22. The molecule has 0 fully saturated rings. The van der Waals surface area contributed by atoms with Crippen molar-refractivity contribution in [1.29, 1.82) is 0 Å². The van der Waals surface area contributed by atoms with Crippen LogP contribution in [0, 0.1) is 11.6 Å². The van der Waals surface area contributed by atoms with E-state index in [0.29, 0.717) is 6.07 Å². The molecule has 0 bridgehead atoms. The Morgan fingerprint density at radius 2 is 1.69 bits per heavy atom. The summed E-state index contributed by atoms with van der Waals surface area (Å²) >= 11 is 0. The molecule has 1 atom stereocenters. The molecular formula is C10H13F2NO3. The normalized spacial score (nSPS) is 12.4. The summed E-state index contributed by atoms with van der Waals surface area (Å²) in [6, 6.07) is -0.333. The third-order valence-electron chi connectivity index (χ3n) is 2.15. The van der Waals surface area contributed by atoms with Crippen LogP contribution in [-0.4, -0.2) is 25.9 Å². The maximum atomic E-state index is 13.4. The first kappa shape index (κ1) is 12.7. The molecule has 1 rings (SSSR count). The van der Waals surface area contributed by atoms with Gasteiger partial charge in [0.1, 0.15) is 0 Å². The Kier molecular flexibility index (Phi) is 4.03. The summed E-state index contributed by atoms with van der Waals surface area (Å²) in [5, 5.41) is 8.93. The molecule has 0 radical (unpaired) electrons. The van der Waals surface area contributed by atoms with E-state index in [-0.39, 0.29) is 17.1 Å². The summed E-state index contributed by atoms with van der Waals surface area (Å²) in [6.07, 6.45) is 0. The van der Waals surface area contributed by atoms with Gasteiger partial charge < -0.3 is 20.3 Å². The van der Waals surface area contributed by atoms with Crippen molar-refractivity contribution < 1.29 is 23.4 Å². The van der Waals surface area contributed by atoms with Gasteiger partial charge in [0.05, 0.1) is 32.4 Å². The smallest absolute Gasteiger partial charge is 0.168 e. The molecule has 0 aliphatic carbocycles. The quantitative estimate of drug-likeness (QED) is 0.813. The molecule has 1 aromatic rings. The van der Waals surface area contributed by atoms with E-state index in [1.807, 2.05) is 0 Å². The Hall–Kier alpha value is -1.40. The molecule has 90 valence electrons. The van der Waals surface area contributed by atoms with Gasteiger partial charge in [0.2, 0.25) is 0 Å². The number of aliphatic hydroxyl groups is 1. The molecule has 1 unspecified atom stereocenters. The number of ether oxygens (including phenoxy) is 2. The van der Waals surface area contributed by atoms with Gasteiger partial charge in [-0.1, -0.05) is 0 Å². The van der Waals surface area contributed by atoms with Crippen molar-refractivity contribution in [3.8, 4) is 11.5 Å². The lowest BCUT2D eigenvalue weighted by Crippen LogP contribution is -2.18. The molecule has 0 spiro atoms. The molecule has 0 amide bonds. The van der Waals surface area contributed by atoms with Crippen LogP contribution < -0.4 is 15.2 Å². The molecule has 6 heteroatoms. The van der Waals surface area contributed by atoms with E-state index >= 15 is 0 Å². The highest BCUT2D eigenvalue weighted by molar-refractivity contribution is 5.48. The van der Waals surface area contributed by atoms with Crippen LogP contribution in [0.4, 0.5) is 8.78 Å². The maximum Gasteiger partial charge on any atom is 0.168 e. The molecule has 0 saturated carbocycles. The zero-order chi connectivity index (χ0) is 12.3. The summed E-state index contributed by atoms with van der Waals surface area (Å²) in [7, 11) is 2.45. The number of hydrogen-bond acceptors (Lipinski definition) is 4. The van der Waals surface area contributed by atoms with Crippen LogP contribution in [0.3, 0.4) is 0 Å². The lowest BCUT2D eigenvalue weighted by Gasteiger charge is -2.18. The highest BCUT2D eigenvalue weighted by atomic mass is 19.1. The van der Waals surface area contributed by atoms with Crippen LogP contribution in [0.25, 0.3) is 0 Å². The van der Waals surface area contributed by atoms with E-state index in [0.717, 1.165) is 0 Å². The number of hydrogen-bond donors (Lipinski definition) is 2. The van der Waals surface area contributed by atoms with Gasteiger partial charge in [-0.05, 0) is 0 Å². The van der Waals surface area contributed by atoms with Crippen molar-refractivity contribution in [2.24, 2.45) is 5.73 Å². The van der Waals surface area contributed by atoms with Gasteiger partial charge >= 0.3 is 0 Å². The first-order valence-corrected chi connectivity index (χ1v) is 4.53. The van der Waals surface area contributed by atoms with Crippen molar-refractivity contribution >= 4 is 0 Å². The van der Waals surface area contributed by atoms with Gasteiger partial charge in [0.25, 0.3) is 0 Å². The van der Waals surface area contributed by atoms with Crippen molar-refractivity contribution in [3.05, 3.63) is 23.3 Å². The zero-order valence-electron chi connectivity index (χ0n) is 8.96. The lowest BCUT2D eigenvalue weighted by molar-refractivity contribution is 0.257. The van der Waals surface area contributed by atoms with Gasteiger partial charge in [-0.2, -0.15) is 0 Å². The predicted octanol–water partition coefficient (Wildman–Crippen LogP) is 0.974. The molecule has 0 saturated heterocycles. The van der Waals surface area contributed by atoms with Crippen LogP contribution in [0.5, 0.6) is 11.5 Å². The minimum absolute atomic E-state index is 0.0231. The SMILES string of the molecule is COc1c(F)cc(F)c(OC)c1C(N)CO.